The summed E-state index contributed by atoms with van der Waals surface area (Å²) in [4.78, 5) is 15.2. The summed E-state index contributed by atoms with van der Waals surface area (Å²) in [5.74, 6) is -1.68. The molecular formula is C37H31Cl3F2N2O5S. The molecule has 0 spiro atoms. The number of aromatic hydroxyl groups is 1. The van der Waals surface area contributed by atoms with E-state index < -0.39 is 38.2 Å². The first-order valence-electron chi connectivity index (χ1n) is 15.1. The average Bonchev–Trinajstić information content (AvgIpc) is 3.07. The summed E-state index contributed by atoms with van der Waals surface area (Å²) in [7, 11) is -3.01. The molecule has 0 aliphatic heterocycles. The normalized spacial score (nSPS) is 11.5. The van der Waals surface area contributed by atoms with Crippen LogP contribution in [0.1, 0.15) is 38.2 Å². The highest BCUT2D eigenvalue weighted by Gasteiger charge is 2.30. The number of hydrogen-bond acceptors (Lipinski definition) is 5. The Labute approximate surface area is 304 Å². The van der Waals surface area contributed by atoms with E-state index in [9.17, 15) is 27.1 Å². The van der Waals surface area contributed by atoms with Crippen LogP contribution < -0.4 is 4.74 Å². The minimum atomic E-state index is -4.40. The van der Waals surface area contributed by atoms with Gasteiger partial charge in [-0.2, -0.15) is 4.31 Å². The third kappa shape index (κ3) is 8.93. The molecule has 0 aliphatic rings. The van der Waals surface area contributed by atoms with Crippen LogP contribution >= 0.6 is 34.8 Å². The summed E-state index contributed by atoms with van der Waals surface area (Å²) in [5.41, 5.74) is 2.98. The van der Waals surface area contributed by atoms with Crippen molar-refractivity contribution in [1.82, 2.24) is 9.21 Å². The Kier molecular flexibility index (Phi) is 11.7. The largest absolute Gasteiger partial charge is 0.505 e. The van der Waals surface area contributed by atoms with E-state index >= 15 is 0 Å². The minimum absolute atomic E-state index is 0.118. The van der Waals surface area contributed by atoms with Crippen molar-refractivity contribution < 1.29 is 31.8 Å². The van der Waals surface area contributed by atoms with Gasteiger partial charge in [0, 0.05) is 47.4 Å². The Morgan fingerprint density at radius 2 is 1.30 bits per heavy atom. The predicted octanol–water partition coefficient (Wildman–Crippen LogP) is 9.18. The van der Waals surface area contributed by atoms with Crippen LogP contribution in [0.4, 0.5) is 8.78 Å². The average molecular weight is 760 g/mol. The van der Waals surface area contributed by atoms with Gasteiger partial charge in [-0.15, -0.1) is 0 Å². The lowest BCUT2D eigenvalue weighted by Crippen LogP contribution is -2.31. The van der Waals surface area contributed by atoms with Gasteiger partial charge < -0.3 is 14.7 Å². The number of benzene rings is 5. The van der Waals surface area contributed by atoms with E-state index in [1.807, 2.05) is 0 Å². The van der Waals surface area contributed by atoms with E-state index in [-0.39, 0.29) is 42.5 Å². The topological polar surface area (TPSA) is 87.2 Å². The highest BCUT2D eigenvalue weighted by atomic mass is 35.5. The summed E-state index contributed by atoms with van der Waals surface area (Å²) in [6.45, 7) is 1.45. The lowest BCUT2D eigenvalue weighted by Gasteiger charge is -2.26. The molecule has 0 fully saturated rings. The molecule has 0 unspecified atom stereocenters. The van der Waals surface area contributed by atoms with E-state index in [0.717, 1.165) is 4.31 Å². The molecule has 1 amide bonds. The second-order valence-electron chi connectivity index (χ2n) is 11.6. The maximum absolute atomic E-state index is 14.1. The van der Waals surface area contributed by atoms with Crippen LogP contribution in [0.2, 0.25) is 15.1 Å². The number of aryl methyl sites for hydroxylation is 1. The number of phenolic OH excluding ortho intramolecular Hbond substituents is 1. The second kappa shape index (κ2) is 15.8. The maximum atomic E-state index is 14.1. The Hall–Kier alpha value is -4.19. The van der Waals surface area contributed by atoms with E-state index in [4.69, 9.17) is 39.5 Å². The molecule has 50 heavy (non-hydrogen) atoms. The van der Waals surface area contributed by atoms with Crippen molar-refractivity contribution in [1.29, 1.82) is 0 Å². The van der Waals surface area contributed by atoms with Gasteiger partial charge in [-0.1, -0.05) is 65.1 Å². The zero-order valence-corrected chi connectivity index (χ0v) is 29.9. The van der Waals surface area contributed by atoms with Crippen molar-refractivity contribution in [3.05, 3.63) is 157 Å². The van der Waals surface area contributed by atoms with Crippen molar-refractivity contribution in [2.75, 3.05) is 7.11 Å². The molecule has 0 aliphatic carbocycles. The van der Waals surface area contributed by atoms with Crippen LogP contribution in [0.5, 0.6) is 11.5 Å². The monoisotopic (exact) mass is 758 g/mol. The number of hydrogen-bond donors (Lipinski definition) is 1. The first-order chi connectivity index (χ1) is 23.7. The number of carbonyl (C=O) groups excluding carboxylic acids is 1. The summed E-state index contributed by atoms with van der Waals surface area (Å²) in [6.07, 6.45) is 0. The van der Waals surface area contributed by atoms with Gasteiger partial charge in [0.1, 0.15) is 22.3 Å². The minimum Gasteiger partial charge on any atom is -0.505 e. The molecule has 0 heterocycles. The second-order valence-corrected chi connectivity index (χ2v) is 14.8. The molecule has 0 saturated heterocycles. The van der Waals surface area contributed by atoms with Crippen molar-refractivity contribution in [2.24, 2.45) is 0 Å². The molecule has 0 radical (unpaired) electrons. The molecule has 1 N–H and O–H groups in total. The number of sulfonamides is 1. The Balaban J connectivity index is 1.51. The summed E-state index contributed by atoms with van der Waals surface area (Å²) in [5, 5.41) is 11.4. The summed E-state index contributed by atoms with van der Waals surface area (Å²) >= 11 is 18.6. The SMILES string of the molecule is COc1cc(C(=O)N(Cc2ccc(F)cc2)Cc2cc(Cl)cc(Cl)c2)ccc1CN(Cc1ccc(F)cc1)S(=O)(=O)c1cc(C)cc(Cl)c1O. The van der Waals surface area contributed by atoms with Gasteiger partial charge in [-0.05, 0) is 95.9 Å². The fraction of sp³-hybridized carbons (Fsp3) is 0.162. The zero-order chi connectivity index (χ0) is 36.2. The quantitative estimate of drug-likeness (QED) is 0.137. The van der Waals surface area contributed by atoms with E-state index in [0.29, 0.717) is 37.9 Å². The molecule has 5 rings (SSSR count). The van der Waals surface area contributed by atoms with Crippen molar-refractivity contribution in [2.45, 2.75) is 38.0 Å². The number of amides is 1. The third-order valence-corrected chi connectivity index (χ3v) is 10.3. The van der Waals surface area contributed by atoms with Crippen LogP contribution in [-0.4, -0.2) is 35.7 Å². The number of nitrogens with zero attached hydrogens (tertiary/aromatic N) is 2. The Bertz CT molecular complexity index is 2110. The molecule has 5 aromatic rings. The zero-order valence-electron chi connectivity index (χ0n) is 26.8. The van der Waals surface area contributed by atoms with Gasteiger partial charge in [-0.25, -0.2) is 17.2 Å². The highest BCUT2D eigenvalue weighted by Crippen LogP contribution is 2.36. The fourth-order valence-electron chi connectivity index (χ4n) is 5.37. The first-order valence-corrected chi connectivity index (χ1v) is 17.7. The van der Waals surface area contributed by atoms with Gasteiger partial charge in [0.25, 0.3) is 5.91 Å². The lowest BCUT2D eigenvalue weighted by molar-refractivity contribution is 0.0729. The number of rotatable bonds is 12. The van der Waals surface area contributed by atoms with Gasteiger partial charge in [0.15, 0.2) is 5.75 Å². The number of methoxy groups -OCH3 is 1. The van der Waals surface area contributed by atoms with Gasteiger partial charge in [0.05, 0.1) is 12.1 Å². The maximum Gasteiger partial charge on any atom is 0.254 e. The van der Waals surface area contributed by atoms with Crippen LogP contribution in [0.15, 0.2) is 102 Å². The van der Waals surface area contributed by atoms with Crippen molar-refractivity contribution >= 4 is 50.7 Å². The molecular weight excluding hydrogens is 729 g/mol. The van der Waals surface area contributed by atoms with Crippen LogP contribution in [0.3, 0.4) is 0 Å². The van der Waals surface area contributed by atoms with E-state index in [1.165, 1.54) is 61.7 Å². The Morgan fingerprint density at radius 1 is 0.740 bits per heavy atom. The molecule has 13 heteroatoms. The Morgan fingerprint density at radius 3 is 1.88 bits per heavy atom. The summed E-state index contributed by atoms with van der Waals surface area (Å²) in [6, 6.07) is 23.5. The molecule has 0 bridgehead atoms. The van der Waals surface area contributed by atoms with Gasteiger partial charge >= 0.3 is 0 Å². The number of halogens is 5. The third-order valence-electron chi connectivity index (χ3n) is 7.81. The van der Waals surface area contributed by atoms with Crippen molar-refractivity contribution in [3.63, 3.8) is 0 Å². The molecule has 260 valence electrons. The molecule has 5 aromatic carbocycles. The molecule has 0 atom stereocenters. The fourth-order valence-corrected chi connectivity index (χ4v) is 7.87. The molecule has 0 saturated carbocycles. The van der Waals surface area contributed by atoms with Crippen molar-refractivity contribution in [3.8, 4) is 11.5 Å². The highest BCUT2D eigenvalue weighted by molar-refractivity contribution is 7.89. The van der Waals surface area contributed by atoms with Crippen LogP contribution in [-0.2, 0) is 36.2 Å². The number of ether oxygens (including phenoxy) is 1. The molecule has 7 nitrogen and oxygen atoms in total. The van der Waals surface area contributed by atoms with E-state index in [1.54, 1.807) is 54.3 Å². The van der Waals surface area contributed by atoms with Crippen LogP contribution in [0.25, 0.3) is 0 Å². The number of phenols is 1. The van der Waals surface area contributed by atoms with Gasteiger partial charge in [-0.3, -0.25) is 4.79 Å². The smallest absolute Gasteiger partial charge is 0.254 e. The molecule has 0 aromatic heterocycles. The lowest BCUT2D eigenvalue weighted by atomic mass is 10.1. The van der Waals surface area contributed by atoms with E-state index in [2.05, 4.69) is 0 Å². The standard InChI is InChI=1S/C37H31Cl3F2N2O5S/c1-23-13-33(40)36(45)35(14-23)50(47,48)44(21-25-5-11-32(42)12-6-25)22-28-8-7-27(17-34(28)49-2)37(46)43(19-24-3-9-31(41)10-4-24)20-26-15-29(38)18-30(39)16-26/h3-18,45H,19-22H2,1-2H3. The van der Waals surface area contributed by atoms with Gasteiger partial charge in [0.2, 0.25) is 10.0 Å². The summed E-state index contributed by atoms with van der Waals surface area (Å²) < 4.78 is 62.3. The first kappa shape index (κ1) is 37.1. The predicted molar refractivity (Wildman–Crippen MR) is 190 cm³/mol. The number of carbonyl (C=O) groups is 1. The van der Waals surface area contributed by atoms with Crippen LogP contribution in [0, 0.1) is 18.6 Å².